The number of hydrogen-bond acceptors (Lipinski definition) is 4. The molecule has 0 saturated carbocycles. The van der Waals surface area contributed by atoms with Crippen molar-refractivity contribution in [3.05, 3.63) is 22.6 Å². The zero-order chi connectivity index (χ0) is 9.68. The van der Waals surface area contributed by atoms with Gasteiger partial charge in [-0.15, -0.1) is 0 Å². The van der Waals surface area contributed by atoms with E-state index < -0.39 is 0 Å². The average molecular weight is 183 g/mol. The first-order valence-corrected chi connectivity index (χ1v) is 4.17. The highest BCUT2D eigenvalue weighted by atomic mass is 16.2. The zero-order valence-electron chi connectivity index (χ0n) is 7.31. The van der Waals surface area contributed by atoms with E-state index in [0.717, 1.165) is 6.42 Å². The summed E-state index contributed by atoms with van der Waals surface area (Å²) in [5, 5.41) is 12.4. The minimum atomic E-state index is -0.196. The van der Waals surface area contributed by atoms with Crippen molar-refractivity contribution in [3.8, 4) is 0 Å². The van der Waals surface area contributed by atoms with Crippen LogP contribution in [0, 0.1) is 0 Å². The van der Waals surface area contributed by atoms with Gasteiger partial charge in [0.15, 0.2) is 0 Å². The molecule has 0 aliphatic carbocycles. The van der Waals surface area contributed by atoms with Crippen LogP contribution in [0.2, 0.25) is 0 Å². The van der Waals surface area contributed by atoms with Gasteiger partial charge in [-0.05, 0) is 12.8 Å². The number of aliphatic hydroxyl groups excluding tert-OH is 1. The van der Waals surface area contributed by atoms with E-state index in [0.29, 0.717) is 18.7 Å². The molecule has 1 rings (SSSR count). The highest BCUT2D eigenvalue weighted by Gasteiger charge is 1.96. The van der Waals surface area contributed by atoms with Gasteiger partial charge >= 0.3 is 0 Å². The van der Waals surface area contributed by atoms with Crippen LogP contribution in [0.25, 0.3) is 0 Å². The molecule has 0 aliphatic rings. The second kappa shape index (κ2) is 4.61. The number of nitrogens with two attached hydrogens (primary N) is 1. The first-order valence-electron chi connectivity index (χ1n) is 4.17. The lowest BCUT2D eigenvalue weighted by molar-refractivity contribution is 0.279. The summed E-state index contributed by atoms with van der Waals surface area (Å²) in [5.41, 5.74) is 5.55. The van der Waals surface area contributed by atoms with E-state index in [9.17, 15) is 4.79 Å². The Morgan fingerprint density at radius 2 is 2.31 bits per heavy atom. The second-order valence-electron chi connectivity index (χ2n) is 2.78. The summed E-state index contributed by atoms with van der Waals surface area (Å²) in [7, 11) is 0. The minimum absolute atomic E-state index is 0.143. The van der Waals surface area contributed by atoms with Gasteiger partial charge in [0.05, 0.1) is 11.9 Å². The molecule has 0 radical (unpaired) electrons. The van der Waals surface area contributed by atoms with Crippen molar-refractivity contribution in [3.63, 3.8) is 0 Å². The molecule has 1 aromatic rings. The van der Waals surface area contributed by atoms with Crippen LogP contribution in [0.3, 0.4) is 0 Å². The molecule has 1 aromatic heterocycles. The van der Waals surface area contributed by atoms with Crippen molar-refractivity contribution in [2.24, 2.45) is 0 Å². The maximum Gasteiger partial charge on any atom is 0.268 e. The van der Waals surface area contributed by atoms with Gasteiger partial charge < -0.3 is 10.8 Å². The van der Waals surface area contributed by atoms with Crippen LogP contribution >= 0.6 is 0 Å². The molecule has 72 valence electrons. The average Bonchev–Trinajstić information content (AvgIpc) is 2.09. The summed E-state index contributed by atoms with van der Waals surface area (Å²) in [6.45, 7) is 0.670. The predicted octanol–water partition coefficient (Wildman–Crippen LogP) is -0.402. The summed E-state index contributed by atoms with van der Waals surface area (Å²) in [4.78, 5) is 11.2. The quantitative estimate of drug-likeness (QED) is 0.622. The highest BCUT2D eigenvalue weighted by molar-refractivity contribution is 5.31. The smallest absolute Gasteiger partial charge is 0.268 e. The first kappa shape index (κ1) is 9.73. The lowest BCUT2D eigenvalue weighted by Crippen LogP contribution is -2.22. The molecule has 0 bridgehead atoms. The van der Waals surface area contributed by atoms with E-state index in [1.165, 1.54) is 16.9 Å². The zero-order valence-corrected chi connectivity index (χ0v) is 7.31. The number of hydrogen-bond donors (Lipinski definition) is 2. The van der Waals surface area contributed by atoms with E-state index in [-0.39, 0.29) is 12.2 Å². The fourth-order valence-corrected chi connectivity index (χ4v) is 0.989. The van der Waals surface area contributed by atoms with Crippen molar-refractivity contribution in [2.75, 3.05) is 12.3 Å². The van der Waals surface area contributed by atoms with E-state index in [2.05, 4.69) is 5.10 Å². The van der Waals surface area contributed by atoms with Crippen LogP contribution in [0.15, 0.2) is 17.1 Å². The summed E-state index contributed by atoms with van der Waals surface area (Å²) in [5.74, 6) is 0. The van der Waals surface area contributed by atoms with Crippen molar-refractivity contribution in [1.82, 2.24) is 9.78 Å². The van der Waals surface area contributed by atoms with E-state index in [1.807, 2.05) is 0 Å². The number of rotatable bonds is 4. The highest BCUT2D eigenvalue weighted by Crippen LogP contribution is 1.93. The Hall–Kier alpha value is -1.36. The number of nitrogen functional groups attached to an aromatic ring is 1. The van der Waals surface area contributed by atoms with Crippen molar-refractivity contribution >= 4 is 5.69 Å². The molecule has 0 saturated heterocycles. The molecule has 5 nitrogen and oxygen atoms in total. The molecule has 5 heteroatoms. The van der Waals surface area contributed by atoms with E-state index in [1.54, 1.807) is 0 Å². The van der Waals surface area contributed by atoms with Crippen molar-refractivity contribution < 1.29 is 5.11 Å². The maximum atomic E-state index is 11.2. The molecular formula is C8H13N3O2. The number of nitrogens with zero attached hydrogens (tertiary/aromatic N) is 2. The first-order chi connectivity index (χ1) is 6.24. The molecule has 0 aromatic carbocycles. The van der Waals surface area contributed by atoms with Crippen molar-refractivity contribution in [1.29, 1.82) is 0 Å². The summed E-state index contributed by atoms with van der Waals surface area (Å²) in [6.07, 6.45) is 2.87. The van der Waals surface area contributed by atoms with Gasteiger partial charge in [-0.2, -0.15) is 5.10 Å². The normalized spacial score (nSPS) is 10.2. The van der Waals surface area contributed by atoms with Crippen molar-refractivity contribution in [2.45, 2.75) is 19.4 Å². The lowest BCUT2D eigenvalue weighted by Gasteiger charge is -2.02. The molecule has 13 heavy (non-hydrogen) atoms. The van der Waals surface area contributed by atoms with Gasteiger partial charge in [-0.25, -0.2) is 4.68 Å². The van der Waals surface area contributed by atoms with E-state index >= 15 is 0 Å². The molecule has 3 N–H and O–H groups in total. The standard InChI is InChI=1S/C8H13N3O2/c9-7-5-8(13)11(10-6-7)3-1-2-4-12/h5-6,12H,1-4,9H2. The van der Waals surface area contributed by atoms with Gasteiger partial charge in [0, 0.05) is 19.2 Å². The number of aliphatic hydroxyl groups is 1. The van der Waals surface area contributed by atoms with Gasteiger partial charge in [-0.1, -0.05) is 0 Å². The number of aryl methyl sites for hydroxylation is 1. The Balaban J connectivity index is 2.62. The minimum Gasteiger partial charge on any atom is -0.397 e. The van der Waals surface area contributed by atoms with Crippen LogP contribution in [0.4, 0.5) is 5.69 Å². The Kier molecular flexibility index (Phi) is 3.45. The molecule has 0 aliphatic heterocycles. The number of anilines is 1. The topological polar surface area (TPSA) is 81.1 Å². The third-order valence-corrected chi connectivity index (χ3v) is 1.67. The van der Waals surface area contributed by atoms with Gasteiger partial charge in [-0.3, -0.25) is 4.79 Å². The molecule has 0 fully saturated rings. The molecule has 0 amide bonds. The Labute approximate surface area is 75.8 Å². The van der Waals surface area contributed by atoms with Gasteiger partial charge in [0.2, 0.25) is 0 Å². The monoisotopic (exact) mass is 183 g/mol. The van der Waals surface area contributed by atoms with E-state index in [4.69, 9.17) is 10.8 Å². The Bertz CT molecular complexity index is 321. The molecule has 0 spiro atoms. The van der Waals surface area contributed by atoms with Crippen LogP contribution in [0.5, 0.6) is 0 Å². The second-order valence-corrected chi connectivity index (χ2v) is 2.78. The fraction of sp³-hybridized carbons (Fsp3) is 0.500. The predicted molar refractivity (Wildman–Crippen MR) is 49.2 cm³/mol. The fourth-order valence-electron chi connectivity index (χ4n) is 0.989. The summed E-state index contributed by atoms with van der Waals surface area (Å²) >= 11 is 0. The van der Waals surface area contributed by atoms with Crippen LogP contribution in [-0.4, -0.2) is 21.5 Å². The molecule has 1 heterocycles. The molecular weight excluding hydrogens is 170 g/mol. The lowest BCUT2D eigenvalue weighted by atomic mass is 10.3. The third kappa shape index (κ3) is 2.87. The van der Waals surface area contributed by atoms with Crippen LogP contribution in [-0.2, 0) is 6.54 Å². The number of unbranched alkanes of at least 4 members (excludes halogenated alkanes) is 1. The Morgan fingerprint density at radius 3 is 2.92 bits per heavy atom. The van der Waals surface area contributed by atoms with Gasteiger partial charge in [0.25, 0.3) is 5.56 Å². The van der Waals surface area contributed by atoms with Gasteiger partial charge in [0.1, 0.15) is 0 Å². The SMILES string of the molecule is Nc1cnn(CCCCO)c(=O)c1. The summed E-state index contributed by atoms with van der Waals surface area (Å²) < 4.78 is 1.34. The molecule has 0 atom stereocenters. The summed E-state index contributed by atoms with van der Waals surface area (Å²) in [6, 6.07) is 1.34. The maximum absolute atomic E-state index is 11.2. The largest absolute Gasteiger partial charge is 0.397 e. The van der Waals surface area contributed by atoms with Crippen LogP contribution in [0.1, 0.15) is 12.8 Å². The van der Waals surface area contributed by atoms with Crippen LogP contribution < -0.4 is 11.3 Å². The molecule has 0 unspecified atom stereocenters. The Morgan fingerprint density at radius 1 is 1.54 bits per heavy atom. The third-order valence-electron chi connectivity index (χ3n) is 1.67. The number of aromatic nitrogens is 2.